The number of nitrogens with zero attached hydrogens (tertiary/aromatic N) is 1. The highest BCUT2D eigenvalue weighted by Crippen LogP contribution is 2.28. The van der Waals surface area contributed by atoms with Crippen LogP contribution in [-0.2, 0) is 9.53 Å². The average molecular weight is 284 g/mol. The molecule has 0 saturated heterocycles. The number of esters is 1. The fraction of sp³-hybridized carbons (Fsp3) is 0.417. The molecule has 0 atom stereocenters. The first-order chi connectivity index (χ1) is 8.69. The van der Waals surface area contributed by atoms with Crippen molar-refractivity contribution < 1.29 is 14.5 Å². The first-order valence-corrected chi connectivity index (χ1v) is 6.56. The summed E-state index contributed by atoms with van der Waals surface area (Å²) in [5, 5.41) is 10.6. The largest absolute Gasteiger partial charge is 0.459 e. The van der Waals surface area contributed by atoms with Crippen molar-refractivity contribution in [2.24, 2.45) is 0 Å². The molecule has 0 aliphatic rings. The molecule has 0 saturated carbocycles. The molecule has 0 heterocycles. The van der Waals surface area contributed by atoms with Crippen LogP contribution < -0.4 is 5.73 Å². The molecular formula is C12H16N2O4S. The molecule has 0 aliphatic carbocycles. The summed E-state index contributed by atoms with van der Waals surface area (Å²) in [6, 6.07) is 4.16. The molecule has 0 aliphatic heterocycles. The van der Waals surface area contributed by atoms with Crippen LogP contribution in [0.1, 0.15) is 20.8 Å². The number of carbonyl (C=O) groups is 1. The van der Waals surface area contributed by atoms with E-state index in [2.05, 4.69) is 0 Å². The molecule has 1 aromatic rings. The summed E-state index contributed by atoms with van der Waals surface area (Å²) in [6.45, 7) is 5.36. The van der Waals surface area contributed by atoms with E-state index in [1.165, 1.54) is 30.0 Å². The third-order valence-corrected chi connectivity index (χ3v) is 3.03. The maximum atomic E-state index is 11.5. The lowest BCUT2D eigenvalue weighted by molar-refractivity contribution is -0.384. The number of hydrogen-bond acceptors (Lipinski definition) is 6. The van der Waals surface area contributed by atoms with Crippen LogP contribution in [0.25, 0.3) is 0 Å². The topological polar surface area (TPSA) is 95.5 Å². The van der Waals surface area contributed by atoms with E-state index in [0.29, 0.717) is 4.90 Å². The van der Waals surface area contributed by atoms with Gasteiger partial charge in [0.2, 0.25) is 0 Å². The van der Waals surface area contributed by atoms with Crippen molar-refractivity contribution in [3.63, 3.8) is 0 Å². The maximum Gasteiger partial charge on any atom is 0.316 e. The van der Waals surface area contributed by atoms with Crippen molar-refractivity contribution in [2.75, 3.05) is 11.5 Å². The Hall–Kier alpha value is -1.76. The van der Waals surface area contributed by atoms with Gasteiger partial charge < -0.3 is 10.5 Å². The van der Waals surface area contributed by atoms with Crippen LogP contribution in [-0.4, -0.2) is 22.2 Å². The summed E-state index contributed by atoms with van der Waals surface area (Å²) in [4.78, 5) is 22.2. The molecule has 0 spiro atoms. The van der Waals surface area contributed by atoms with Gasteiger partial charge in [-0.2, -0.15) is 0 Å². The monoisotopic (exact) mass is 284 g/mol. The average Bonchev–Trinajstić information content (AvgIpc) is 2.24. The predicted octanol–water partition coefficient (Wildman–Crippen LogP) is 2.61. The zero-order valence-electron chi connectivity index (χ0n) is 11.0. The highest BCUT2D eigenvalue weighted by Gasteiger charge is 2.17. The van der Waals surface area contributed by atoms with Crippen molar-refractivity contribution in [3.8, 4) is 0 Å². The van der Waals surface area contributed by atoms with Gasteiger partial charge in [0.15, 0.2) is 0 Å². The second-order valence-corrected chi connectivity index (χ2v) is 5.87. The van der Waals surface area contributed by atoms with Gasteiger partial charge in [-0.1, -0.05) is 0 Å². The van der Waals surface area contributed by atoms with Gasteiger partial charge in [-0.15, -0.1) is 11.8 Å². The van der Waals surface area contributed by atoms with Crippen LogP contribution in [0.4, 0.5) is 11.4 Å². The third kappa shape index (κ3) is 5.17. The molecule has 0 unspecified atom stereocenters. The molecular weight excluding hydrogens is 268 g/mol. The number of nitrogens with two attached hydrogens (primary N) is 1. The number of benzene rings is 1. The number of nitro benzene ring substituents is 1. The van der Waals surface area contributed by atoms with E-state index in [1.807, 2.05) is 0 Å². The molecule has 0 amide bonds. The summed E-state index contributed by atoms with van der Waals surface area (Å²) in [5.74, 6) is -0.241. The van der Waals surface area contributed by atoms with E-state index in [4.69, 9.17) is 10.5 Å². The first kappa shape index (κ1) is 15.3. The number of nitrogen functional groups attached to an aromatic ring is 1. The van der Waals surface area contributed by atoms with Crippen LogP contribution in [0, 0.1) is 10.1 Å². The summed E-state index contributed by atoms with van der Waals surface area (Å²) < 4.78 is 5.15. The van der Waals surface area contributed by atoms with Crippen LogP contribution in [0.2, 0.25) is 0 Å². The van der Waals surface area contributed by atoms with Gasteiger partial charge in [0.25, 0.3) is 5.69 Å². The summed E-state index contributed by atoms with van der Waals surface area (Å²) in [5.41, 5.74) is 5.38. The highest BCUT2D eigenvalue weighted by atomic mass is 32.2. The van der Waals surface area contributed by atoms with E-state index >= 15 is 0 Å². The van der Waals surface area contributed by atoms with Gasteiger partial charge in [0.05, 0.1) is 16.4 Å². The Morgan fingerprint density at radius 2 is 2.11 bits per heavy atom. The second kappa shape index (κ2) is 5.92. The van der Waals surface area contributed by atoms with Crippen LogP contribution in [0.3, 0.4) is 0 Å². The minimum absolute atomic E-state index is 0.0703. The zero-order valence-corrected chi connectivity index (χ0v) is 11.8. The SMILES string of the molecule is CC(C)(C)OC(=O)CSc1ccc([N+](=O)[O-])cc1N. The number of anilines is 1. The van der Waals surface area contributed by atoms with Gasteiger partial charge in [-0.25, -0.2) is 0 Å². The number of carbonyl (C=O) groups excluding carboxylic acids is 1. The molecule has 7 heteroatoms. The van der Waals surface area contributed by atoms with Crippen molar-refractivity contribution in [1.29, 1.82) is 0 Å². The first-order valence-electron chi connectivity index (χ1n) is 5.57. The molecule has 1 rings (SSSR count). The van der Waals surface area contributed by atoms with Crippen molar-refractivity contribution in [1.82, 2.24) is 0 Å². The molecule has 1 aromatic carbocycles. The van der Waals surface area contributed by atoms with E-state index in [-0.39, 0.29) is 23.1 Å². The maximum absolute atomic E-state index is 11.5. The number of ether oxygens (including phenoxy) is 1. The Bertz CT molecular complexity index is 497. The van der Waals surface area contributed by atoms with Gasteiger partial charge in [0, 0.05) is 17.0 Å². The summed E-state index contributed by atoms with van der Waals surface area (Å²) in [7, 11) is 0. The lowest BCUT2D eigenvalue weighted by Crippen LogP contribution is -2.24. The van der Waals surface area contributed by atoms with Crippen LogP contribution in [0.5, 0.6) is 0 Å². The molecule has 19 heavy (non-hydrogen) atoms. The Kier molecular flexibility index (Phi) is 4.77. The quantitative estimate of drug-likeness (QED) is 0.300. The standard InChI is InChI=1S/C12H16N2O4S/c1-12(2,3)18-11(15)7-19-10-5-4-8(14(16)17)6-9(10)13/h4-6H,7,13H2,1-3H3. The molecule has 0 bridgehead atoms. The van der Waals surface area contributed by atoms with Crippen molar-refractivity contribution in [2.45, 2.75) is 31.3 Å². The van der Waals surface area contributed by atoms with Gasteiger partial charge >= 0.3 is 5.97 Å². The fourth-order valence-corrected chi connectivity index (χ4v) is 2.01. The van der Waals surface area contributed by atoms with E-state index < -0.39 is 10.5 Å². The molecule has 2 N–H and O–H groups in total. The van der Waals surface area contributed by atoms with Crippen molar-refractivity contribution >= 4 is 29.1 Å². The van der Waals surface area contributed by atoms with E-state index in [0.717, 1.165) is 0 Å². The normalized spacial score (nSPS) is 11.1. The smallest absolute Gasteiger partial charge is 0.316 e. The molecule has 104 valence electrons. The Morgan fingerprint density at radius 3 is 2.58 bits per heavy atom. The number of thioether (sulfide) groups is 1. The van der Waals surface area contributed by atoms with E-state index in [1.54, 1.807) is 20.8 Å². The summed E-state index contributed by atoms with van der Waals surface area (Å²) in [6.07, 6.45) is 0. The number of non-ortho nitro benzene ring substituents is 1. The van der Waals surface area contributed by atoms with Crippen LogP contribution >= 0.6 is 11.8 Å². The Morgan fingerprint density at radius 1 is 1.47 bits per heavy atom. The van der Waals surface area contributed by atoms with Crippen molar-refractivity contribution in [3.05, 3.63) is 28.3 Å². The minimum atomic E-state index is -0.529. The van der Waals surface area contributed by atoms with E-state index in [9.17, 15) is 14.9 Å². The number of rotatable bonds is 4. The second-order valence-electron chi connectivity index (χ2n) is 4.85. The Balaban J connectivity index is 2.64. The minimum Gasteiger partial charge on any atom is -0.459 e. The molecule has 6 nitrogen and oxygen atoms in total. The number of nitro groups is 1. The van der Waals surface area contributed by atoms with Gasteiger partial charge in [0.1, 0.15) is 5.60 Å². The fourth-order valence-electron chi connectivity index (χ4n) is 1.29. The number of hydrogen-bond donors (Lipinski definition) is 1. The zero-order chi connectivity index (χ0) is 14.6. The van der Waals surface area contributed by atoms with Gasteiger partial charge in [-0.05, 0) is 26.8 Å². The Labute approximate surface area is 115 Å². The molecule has 0 radical (unpaired) electrons. The summed E-state index contributed by atoms with van der Waals surface area (Å²) >= 11 is 1.19. The van der Waals surface area contributed by atoms with Gasteiger partial charge in [-0.3, -0.25) is 14.9 Å². The molecule has 0 aromatic heterocycles. The lowest BCUT2D eigenvalue weighted by Gasteiger charge is -2.19. The lowest BCUT2D eigenvalue weighted by atomic mass is 10.2. The van der Waals surface area contributed by atoms with Crippen LogP contribution in [0.15, 0.2) is 23.1 Å². The highest BCUT2D eigenvalue weighted by molar-refractivity contribution is 8.00. The molecule has 0 fully saturated rings. The third-order valence-electron chi connectivity index (χ3n) is 1.97. The predicted molar refractivity (Wildman–Crippen MR) is 74.1 cm³/mol.